The molecule has 0 aliphatic heterocycles. The van der Waals surface area contributed by atoms with Crippen molar-refractivity contribution in [2.75, 3.05) is 24.6 Å². The van der Waals surface area contributed by atoms with Crippen LogP contribution in [-0.2, 0) is 4.79 Å². The Morgan fingerprint density at radius 3 is 2.56 bits per heavy atom. The fourth-order valence-electron chi connectivity index (χ4n) is 1.54. The first kappa shape index (κ1) is 12.6. The van der Waals surface area contributed by atoms with Gasteiger partial charge in [0.05, 0.1) is 0 Å². The van der Waals surface area contributed by atoms with E-state index in [1.807, 2.05) is 24.3 Å². The van der Waals surface area contributed by atoms with Crippen molar-refractivity contribution >= 4 is 11.5 Å². The predicted molar refractivity (Wildman–Crippen MR) is 66.2 cm³/mol. The van der Waals surface area contributed by atoms with E-state index in [0.717, 1.165) is 24.5 Å². The molecule has 1 aromatic rings. The number of carbonyl (C=O) groups excluding carboxylic acids is 1. The average Bonchev–Trinajstić information content (AvgIpc) is 2.29. The van der Waals surface area contributed by atoms with Gasteiger partial charge in [-0.1, -0.05) is 6.07 Å². The Morgan fingerprint density at radius 1 is 1.31 bits per heavy atom. The first-order valence-electron chi connectivity index (χ1n) is 5.64. The molecule has 0 saturated carbocycles. The number of Topliss-reactive ketones (excluding diaryl/α,β-unsaturated/α-hetero) is 1. The summed E-state index contributed by atoms with van der Waals surface area (Å²) in [6, 6.07) is 7.84. The number of ether oxygens (including phenoxy) is 1. The number of carbonyl (C=O) groups is 1. The summed E-state index contributed by atoms with van der Waals surface area (Å²) >= 11 is 0. The third-order valence-electron chi connectivity index (χ3n) is 2.39. The van der Waals surface area contributed by atoms with Gasteiger partial charge < -0.3 is 9.64 Å². The summed E-state index contributed by atoms with van der Waals surface area (Å²) in [5, 5.41) is 0. The number of hydrogen-bond donors (Lipinski definition) is 0. The second-order valence-electron chi connectivity index (χ2n) is 3.66. The molecule has 0 aliphatic rings. The van der Waals surface area contributed by atoms with Gasteiger partial charge in [0.1, 0.15) is 12.4 Å². The number of rotatable bonds is 6. The molecule has 88 valence electrons. The van der Waals surface area contributed by atoms with Crippen LogP contribution in [0, 0.1) is 0 Å². The molecule has 0 saturated heterocycles. The summed E-state index contributed by atoms with van der Waals surface area (Å²) in [6.45, 7) is 7.83. The van der Waals surface area contributed by atoms with Crippen LogP contribution in [0.1, 0.15) is 20.8 Å². The van der Waals surface area contributed by atoms with Crippen LogP contribution in [0.25, 0.3) is 0 Å². The van der Waals surface area contributed by atoms with Gasteiger partial charge in [-0.05, 0) is 32.9 Å². The van der Waals surface area contributed by atoms with Crippen molar-refractivity contribution in [1.82, 2.24) is 0 Å². The minimum Gasteiger partial charge on any atom is -0.486 e. The van der Waals surface area contributed by atoms with Crippen LogP contribution in [0.2, 0.25) is 0 Å². The molecule has 3 heteroatoms. The minimum absolute atomic E-state index is 0.0354. The van der Waals surface area contributed by atoms with Crippen LogP contribution < -0.4 is 9.64 Å². The zero-order valence-electron chi connectivity index (χ0n) is 10.2. The smallest absolute Gasteiger partial charge is 0.167 e. The molecule has 1 rings (SSSR count). The van der Waals surface area contributed by atoms with E-state index in [4.69, 9.17) is 4.74 Å². The van der Waals surface area contributed by atoms with Crippen molar-refractivity contribution in [3.63, 3.8) is 0 Å². The van der Waals surface area contributed by atoms with E-state index in [9.17, 15) is 4.79 Å². The Labute approximate surface area is 97.0 Å². The van der Waals surface area contributed by atoms with E-state index in [1.165, 1.54) is 6.92 Å². The number of nitrogens with zero attached hydrogens (tertiary/aromatic N) is 1. The van der Waals surface area contributed by atoms with Crippen LogP contribution in [0.15, 0.2) is 24.3 Å². The van der Waals surface area contributed by atoms with Crippen molar-refractivity contribution in [3.05, 3.63) is 24.3 Å². The molecular weight excluding hydrogens is 202 g/mol. The minimum atomic E-state index is 0.0354. The van der Waals surface area contributed by atoms with Crippen molar-refractivity contribution < 1.29 is 9.53 Å². The normalized spacial score (nSPS) is 9.94. The summed E-state index contributed by atoms with van der Waals surface area (Å²) in [5.74, 6) is 0.785. The molecule has 0 amide bonds. The van der Waals surface area contributed by atoms with Crippen molar-refractivity contribution in [1.29, 1.82) is 0 Å². The Morgan fingerprint density at radius 2 is 2.00 bits per heavy atom. The molecule has 16 heavy (non-hydrogen) atoms. The van der Waals surface area contributed by atoms with E-state index < -0.39 is 0 Å². The molecule has 0 atom stereocenters. The van der Waals surface area contributed by atoms with Gasteiger partial charge in [0.15, 0.2) is 5.78 Å². The highest BCUT2D eigenvalue weighted by Gasteiger charge is 2.03. The summed E-state index contributed by atoms with van der Waals surface area (Å²) in [5.41, 5.74) is 1.13. The molecule has 0 heterocycles. The Hall–Kier alpha value is -1.51. The molecule has 0 unspecified atom stereocenters. The zero-order valence-corrected chi connectivity index (χ0v) is 10.2. The van der Waals surface area contributed by atoms with Crippen LogP contribution in [0.4, 0.5) is 5.69 Å². The van der Waals surface area contributed by atoms with Gasteiger partial charge in [0, 0.05) is 24.8 Å². The van der Waals surface area contributed by atoms with Gasteiger partial charge in [-0.2, -0.15) is 0 Å². The van der Waals surface area contributed by atoms with E-state index in [-0.39, 0.29) is 12.4 Å². The van der Waals surface area contributed by atoms with Gasteiger partial charge in [0.25, 0.3) is 0 Å². The topological polar surface area (TPSA) is 29.5 Å². The molecule has 0 fully saturated rings. The molecule has 1 aromatic carbocycles. The number of benzene rings is 1. The lowest BCUT2D eigenvalue weighted by atomic mass is 10.2. The van der Waals surface area contributed by atoms with Gasteiger partial charge in [0.2, 0.25) is 0 Å². The monoisotopic (exact) mass is 221 g/mol. The summed E-state index contributed by atoms with van der Waals surface area (Å²) < 4.78 is 5.37. The first-order valence-corrected chi connectivity index (χ1v) is 5.64. The third kappa shape index (κ3) is 3.57. The lowest BCUT2D eigenvalue weighted by molar-refractivity contribution is -0.118. The average molecular weight is 221 g/mol. The number of anilines is 1. The highest BCUT2D eigenvalue weighted by molar-refractivity contribution is 5.77. The molecule has 0 spiro atoms. The quantitative estimate of drug-likeness (QED) is 0.739. The molecular formula is C13H19NO2. The predicted octanol–water partition coefficient (Wildman–Crippen LogP) is 2.50. The summed E-state index contributed by atoms with van der Waals surface area (Å²) in [4.78, 5) is 13.0. The lowest BCUT2D eigenvalue weighted by Crippen LogP contribution is -2.21. The standard InChI is InChI=1S/C13H19NO2/c1-4-14(5-2)12-7-6-8-13(9-12)16-10-11(3)15/h6-9H,4-5,10H2,1-3H3. The highest BCUT2D eigenvalue weighted by atomic mass is 16.5. The second-order valence-corrected chi connectivity index (χ2v) is 3.66. The maximum atomic E-state index is 10.8. The maximum absolute atomic E-state index is 10.8. The van der Waals surface area contributed by atoms with Crippen LogP contribution in [0.5, 0.6) is 5.75 Å². The van der Waals surface area contributed by atoms with Crippen molar-refractivity contribution in [3.8, 4) is 5.75 Å². The third-order valence-corrected chi connectivity index (χ3v) is 2.39. The molecule has 0 bridgehead atoms. The molecule has 0 N–H and O–H groups in total. The van der Waals surface area contributed by atoms with Gasteiger partial charge in [-0.15, -0.1) is 0 Å². The maximum Gasteiger partial charge on any atom is 0.167 e. The number of hydrogen-bond acceptors (Lipinski definition) is 3. The van der Waals surface area contributed by atoms with E-state index in [2.05, 4.69) is 18.7 Å². The van der Waals surface area contributed by atoms with Gasteiger partial charge >= 0.3 is 0 Å². The molecule has 0 aliphatic carbocycles. The SMILES string of the molecule is CCN(CC)c1cccc(OCC(C)=O)c1. The fourth-order valence-corrected chi connectivity index (χ4v) is 1.54. The highest BCUT2D eigenvalue weighted by Crippen LogP contribution is 2.20. The van der Waals surface area contributed by atoms with E-state index in [1.54, 1.807) is 0 Å². The van der Waals surface area contributed by atoms with Crippen molar-refractivity contribution in [2.45, 2.75) is 20.8 Å². The Bertz CT molecular complexity index is 346. The first-order chi connectivity index (χ1) is 7.67. The molecule has 0 aromatic heterocycles. The largest absolute Gasteiger partial charge is 0.486 e. The lowest BCUT2D eigenvalue weighted by Gasteiger charge is -2.21. The van der Waals surface area contributed by atoms with Gasteiger partial charge in [-0.25, -0.2) is 0 Å². The Balaban J connectivity index is 2.73. The summed E-state index contributed by atoms with van der Waals surface area (Å²) in [6.07, 6.45) is 0. The second kappa shape index (κ2) is 6.16. The van der Waals surface area contributed by atoms with Crippen LogP contribution in [-0.4, -0.2) is 25.5 Å². The van der Waals surface area contributed by atoms with E-state index in [0.29, 0.717) is 0 Å². The molecule has 0 radical (unpaired) electrons. The fraction of sp³-hybridized carbons (Fsp3) is 0.462. The van der Waals surface area contributed by atoms with Crippen molar-refractivity contribution in [2.24, 2.45) is 0 Å². The van der Waals surface area contributed by atoms with Gasteiger partial charge in [-0.3, -0.25) is 4.79 Å². The van der Waals surface area contributed by atoms with E-state index >= 15 is 0 Å². The molecule has 3 nitrogen and oxygen atoms in total. The Kier molecular flexibility index (Phi) is 4.83. The summed E-state index contributed by atoms with van der Waals surface area (Å²) in [7, 11) is 0. The van der Waals surface area contributed by atoms with Crippen LogP contribution >= 0.6 is 0 Å². The zero-order chi connectivity index (χ0) is 12.0. The number of ketones is 1. The van der Waals surface area contributed by atoms with Crippen LogP contribution in [0.3, 0.4) is 0 Å².